The Balaban J connectivity index is 1.83. The fourth-order valence-electron chi connectivity index (χ4n) is 1.54. The van der Waals surface area contributed by atoms with Crippen molar-refractivity contribution >= 4 is 58.1 Å². The zero-order valence-corrected chi connectivity index (χ0v) is 15.5. The smallest absolute Gasteiger partial charge is 0.234 e. The van der Waals surface area contributed by atoms with Gasteiger partial charge in [-0.15, -0.1) is 10.2 Å². The number of nitrogens with one attached hydrogen (secondary N) is 1. The summed E-state index contributed by atoms with van der Waals surface area (Å²) in [6.45, 7) is 4.08. The summed E-state index contributed by atoms with van der Waals surface area (Å²) >= 11 is 10.7. The zero-order chi connectivity index (χ0) is 15.9. The van der Waals surface area contributed by atoms with Crippen LogP contribution in [0.25, 0.3) is 0 Å². The summed E-state index contributed by atoms with van der Waals surface area (Å²) in [4.78, 5) is 12.0. The number of aromatic nitrogens is 2. The fourth-order valence-corrected chi connectivity index (χ4v) is 4.57. The first-order valence-corrected chi connectivity index (χ1v) is 9.90. The predicted octanol–water partition coefficient (Wildman–Crippen LogP) is 4.73. The number of carbonyl (C=O) groups excluding carboxylic acids is 1. The van der Waals surface area contributed by atoms with Crippen molar-refractivity contribution < 1.29 is 4.79 Å². The van der Waals surface area contributed by atoms with Gasteiger partial charge in [0.2, 0.25) is 5.91 Å². The third-order valence-electron chi connectivity index (χ3n) is 2.54. The summed E-state index contributed by atoms with van der Waals surface area (Å²) in [5, 5.41) is 11.5. The molecule has 0 spiro atoms. The van der Waals surface area contributed by atoms with Gasteiger partial charge < -0.3 is 5.32 Å². The Morgan fingerprint density at radius 2 is 2.05 bits per heavy atom. The number of rotatable bonds is 7. The molecular formula is C14H16ClN3OS3. The van der Waals surface area contributed by atoms with E-state index in [2.05, 4.69) is 22.4 Å². The fraction of sp³-hybridized carbons (Fsp3) is 0.357. The van der Waals surface area contributed by atoms with E-state index >= 15 is 0 Å². The van der Waals surface area contributed by atoms with Gasteiger partial charge in [0.1, 0.15) is 0 Å². The monoisotopic (exact) mass is 373 g/mol. The van der Waals surface area contributed by atoms with E-state index in [0.717, 1.165) is 26.4 Å². The van der Waals surface area contributed by atoms with Crippen LogP contribution >= 0.6 is 46.5 Å². The van der Waals surface area contributed by atoms with Crippen LogP contribution in [0.5, 0.6) is 0 Å². The number of halogens is 1. The molecule has 0 unspecified atom stereocenters. The highest BCUT2D eigenvalue weighted by molar-refractivity contribution is 8.03. The van der Waals surface area contributed by atoms with Crippen LogP contribution in [0.2, 0.25) is 5.02 Å². The molecule has 118 valence electrons. The van der Waals surface area contributed by atoms with E-state index in [1.165, 1.54) is 23.1 Å². The average Bonchev–Trinajstić information content (AvgIpc) is 2.94. The summed E-state index contributed by atoms with van der Waals surface area (Å²) < 4.78 is 1.76. The Morgan fingerprint density at radius 1 is 1.32 bits per heavy atom. The lowest BCUT2D eigenvalue weighted by molar-refractivity contribution is -0.113. The maximum atomic E-state index is 12.0. The molecule has 8 heteroatoms. The second-order valence-electron chi connectivity index (χ2n) is 4.50. The standard InChI is InChI=1S/C14H16ClN3OS3/c1-3-6-20-13-17-18-14(22-13)21-8-12(19)16-11-5-4-9(2)7-10(11)15/h4-5,7H,3,6,8H2,1-2H3,(H,16,19). The van der Waals surface area contributed by atoms with Crippen molar-refractivity contribution in [3.8, 4) is 0 Å². The first kappa shape index (κ1) is 17.6. The number of hydrogen-bond acceptors (Lipinski definition) is 6. The van der Waals surface area contributed by atoms with E-state index in [-0.39, 0.29) is 11.7 Å². The largest absolute Gasteiger partial charge is 0.324 e. The highest BCUT2D eigenvalue weighted by atomic mass is 35.5. The number of hydrogen-bond donors (Lipinski definition) is 1. The maximum absolute atomic E-state index is 12.0. The van der Waals surface area contributed by atoms with Gasteiger partial charge in [-0.05, 0) is 31.0 Å². The number of amides is 1. The molecule has 1 N–H and O–H groups in total. The van der Waals surface area contributed by atoms with E-state index in [4.69, 9.17) is 11.6 Å². The molecule has 2 rings (SSSR count). The van der Waals surface area contributed by atoms with Crippen LogP contribution in [-0.2, 0) is 4.79 Å². The van der Waals surface area contributed by atoms with Gasteiger partial charge in [-0.3, -0.25) is 4.79 Å². The van der Waals surface area contributed by atoms with E-state index in [1.807, 2.05) is 25.1 Å². The second-order valence-corrected chi connectivity index (χ2v) is 8.45. The van der Waals surface area contributed by atoms with E-state index in [9.17, 15) is 4.79 Å². The lowest BCUT2D eigenvalue weighted by Crippen LogP contribution is -2.14. The normalized spacial score (nSPS) is 10.7. The predicted molar refractivity (Wildman–Crippen MR) is 96.5 cm³/mol. The molecule has 0 bridgehead atoms. The van der Waals surface area contributed by atoms with Gasteiger partial charge in [-0.25, -0.2) is 0 Å². The van der Waals surface area contributed by atoms with Crippen LogP contribution in [0.4, 0.5) is 5.69 Å². The molecule has 0 radical (unpaired) electrons. The number of carbonyl (C=O) groups is 1. The molecule has 0 fully saturated rings. The maximum Gasteiger partial charge on any atom is 0.234 e. The first-order chi connectivity index (χ1) is 10.6. The summed E-state index contributed by atoms with van der Waals surface area (Å²) in [6, 6.07) is 5.55. The Hall–Kier alpha value is -0.760. The quantitative estimate of drug-likeness (QED) is 0.711. The van der Waals surface area contributed by atoms with Crippen molar-refractivity contribution in [1.82, 2.24) is 10.2 Å². The molecule has 4 nitrogen and oxygen atoms in total. The van der Waals surface area contributed by atoms with Gasteiger partial charge in [-0.1, -0.05) is 59.5 Å². The van der Waals surface area contributed by atoms with Crippen molar-refractivity contribution in [3.63, 3.8) is 0 Å². The van der Waals surface area contributed by atoms with Gasteiger partial charge in [-0.2, -0.15) is 0 Å². The molecule has 1 heterocycles. The summed E-state index contributed by atoms with van der Waals surface area (Å²) in [5.74, 6) is 1.22. The minimum atomic E-state index is -0.103. The number of benzene rings is 1. The van der Waals surface area contributed by atoms with Gasteiger partial charge in [0.15, 0.2) is 8.68 Å². The number of aryl methyl sites for hydroxylation is 1. The zero-order valence-electron chi connectivity index (χ0n) is 12.3. The SMILES string of the molecule is CCCSc1nnc(SCC(=O)Nc2ccc(C)cc2Cl)s1. The summed E-state index contributed by atoms with van der Waals surface area (Å²) in [7, 11) is 0. The lowest BCUT2D eigenvalue weighted by atomic mass is 10.2. The third kappa shape index (κ3) is 5.46. The number of anilines is 1. The molecule has 0 atom stereocenters. The van der Waals surface area contributed by atoms with Gasteiger partial charge in [0.25, 0.3) is 0 Å². The summed E-state index contributed by atoms with van der Waals surface area (Å²) in [5.41, 5.74) is 1.69. The molecule has 1 aromatic carbocycles. The van der Waals surface area contributed by atoms with Crippen molar-refractivity contribution in [2.45, 2.75) is 28.9 Å². The second kappa shape index (κ2) is 8.76. The highest BCUT2D eigenvalue weighted by Crippen LogP contribution is 2.29. The van der Waals surface area contributed by atoms with Crippen LogP contribution in [0, 0.1) is 6.92 Å². The van der Waals surface area contributed by atoms with E-state index in [0.29, 0.717) is 10.7 Å². The van der Waals surface area contributed by atoms with Crippen molar-refractivity contribution in [1.29, 1.82) is 0 Å². The first-order valence-electron chi connectivity index (χ1n) is 6.73. The molecular weight excluding hydrogens is 358 g/mol. The lowest BCUT2D eigenvalue weighted by Gasteiger charge is -2.07. The molecule has 0 aliphatic heterocycles. The van der Waals surface area contributed by atoms with Crippen LogP contribution < -0.4 is 5.32 Å². The van der Waals surface area contributed by atoms with Gasteiger partial charge >= 0.3 is 0 Å². The molecule has 0 aliphatic carbocycles. The van der Waals surface area contributed by atoms with Crippen LogP contribution in [0.3, 0.4) is 0 Å². The third-order valence-corrected chi connectivity index (χ3v) is 6.25. The van der Waals surface area contributed by atoms with E-state index < -0.39 is 0 Å². The highest BCUT2D eigenvalue weighted by Gasteiger charge is 2.10. The topological polar surface area (TPSA) is 54.9 Å². The van der Waals surface area contributed by atoms with Crippen molar-refractivity contribution in [2.75, 3.05) is 16.8 Å². The number of nitrogens with zero attached hydrogens (tertiary/aromatic N) is 2. The molecule has 0 saturated heterocycles. The summed E-state index contributed by atoms with van der Waals surface area (Å²) in [6.07, 6.45) is 1.10. The average molecular weight is 374 g/mol. The minimum Gasteiger partial charge on any atom is -0.324 e. The van der Waals surface area contributed by atoms with Crippen LogP contribution in [0.1, 0.15) is 18.9 Å². The van der Waals surface area contributed by atoms with Gasteiger partial charge in [0, 0.05) is 5.75 Å². The molecule has 0 aliphatic rings. The number of thioether (sulfide) groups is 2. The Bertz CT molecular complexity index is 648. The molecule has 1 aromatic heterocycles. The minimum absolute atomic E-state index is 0.103. The molecule has 2 aromatic rings. The molecule has 0 saturated carbocycles. The Kier molecular flexibility index (Phi) is 7.01. The Labute approximate surface area is 147 Å². The van der Waals surface area contributed by atoms with Crippen LogP contribution in [-0.4, -0.2) is 27.6 Å². The molecule has 1 amide bonds. The molecule has 22 heavy (non-hydrogen) atoms. The van der Waals surface area contributed by atoms with E-state index in [1.54, 1.807) is 11.8 Å². The van der Waals surface area contributed by atoms with Crippen LogP contribution in [0.15, 0.2) is 26.9 Å². The van der Waals surface area contributed by atoms with Crippen molar-refractivity contribution in [3.05, 3.63) is 28.8 Å². The van der Waals surface area contributed by atoms with Gasteiger partial charge in [0.05, 0.1) is 16.5 Å². The van der Waals surface area contributed by atoms with Crippen molar-refractivity contribution in [2.24, 2.45) is 0 Å². The Morgan fingerprint density at radius 3 is 2.73 bits per heavy atom.